The quantitative estimate of drug-likeness (QED) is 0.588. The number of aliphatic imine (C=N–C) groups is 1. The van der Waals surface area contributed by atoms with Gasteiger partial charge in [-0.2, -0.15) is 0 Å². The highest BCUT2D eigenvalue weighted by atomic mass is 16.5. The number of nitrogens with zero attached hydrogens (tertiary/aromatic N) is 4. The molecule has 7 nitrogen and oxygen atoms in total. The molecule has 1 atom stereocenters. The first-order valence-electron chi connectivity index (χ1n) is 10.2. The molecule has 0 radical (unpaired) electrons. The van der Waals surface area contributed by atoms with Crippen LogP contribution >= 0.6 is 0 Å². The van der Waals surface area contributed by atoms with E-state index < -0.39 is 0 Å². The fourth-order valence-electron chi connectivity index (χ4n) is 3.88. The number of hydrogen-bond acceptors (Lipinski definition) is 4. The molecule has 154 valence electrons. The number of carbonyl (C=O) groups is 1. The van der Waals surface area contributed by atoms with Crippen molar-refractivity contribution in [1.82, 2.24) is 15.1 Å². The Kier molecular flexibility index (Phi) is 7.54. The number of anilines is 1. The third kappa shape index (κ3) is 5.61. The van der Waals surface area contributed by atoms with Gasteiger partial charge in [0.1, 0.15) is 0 Å². The lowest BCUT2D eigenvalue weighted by Crippen LogP contribution is -2.49. The maximum absolute atomic E-state index is 12.6. The SMILES string of the molecule is CN=C(NCCC(=O)N1CCN(c2ccccc2)CC1)N(C)CC1CCOC1. The summed E-state index contributed by atoms with van der Waals surface area (Å²) in [7, 11) is 3.83. The minimum absolute atomic E-state index is 0.211. The van der Waals surface area contributed by atoms with Crippen LogP contribution in [0.25, 0.3) is 0 Å². The molecule has 0 bridgehead atoms. The molecule has 1 unspecified atom stereocenters. The molecule has 0 saturated carbocycles. The monoisotopic (exact) mass is 387 g/mol. The van der Waals surface area contributed by atoms with Gasteiger partial charge in [0.2, 0.25) is 5.91 Å². The Morgan fingerprint density at radius 3 is 2.64 bits per heavy atom. The van der Waals surface area contributed by atoms with Gasteiger partial charge >= 0.3 is 0 Å². The van der Waals surface area contributed by atoms with Gasteiger partial charge in [-0.25, -0.2) is 0 Å². The van der Waals surface area contributed by atoms with E-state index in [0.717, 1.165) is 58.3 Å². The Morgan fingerprint density at radius 2 is 2.00 bits per heavy atom. The van der Waals surface area contributed by atoms with Gasteiger partial charge in [-0.1, -0.05) is 18.2 Å². The van der Waals surface area contributed by atoms with Crippen molar-refractivity contribution in [2.24, 2.45) is 10.9 Å². The molecule has 7 heteroatoms. The lowest BCUT2D eigenvalue weighted by Gasteiger charge is -2.36. The van der Waals surface area contributed by atoms with Gasteiger partial charge in [0.15, 0.2) is 5.96 Å². The van der Waals surface area contributed by atoms with Crippen LogP contribution in [0.15, 0.2) is 35.3 Å². The molecule has 2 saturated heterocycles. The standard InChI is InChI=1S/C21H33N5O2/c1-22-21(24(2)16-18-9-15-28-17-18)23-10-8-20(27)26-13-11-25(12-14-26)19-6-4-3-5-7-19/h3-7,18H,8-17H2,1-2H3,(H,22,23). The molecule has 0 spiro atoms. The fraction of sp³-hybridized carbons (Fsp3) is 0.619. The molecule has 3 rings (SSSR count). The van der Waals surface area contributed by atoms with Crippen molar-refractivity contribution < 1.29 is 9.53 Å². The number of ether oxygens (including phenoxy) is 1. The summed E-state index contributed by atoms with van der Waals surface area (Å²) in [5, 5.41) is 3.32. The third-order valence-corrected chi connectivity index (χ3v) is 5.51. The Bertz CT molecular complexity index is 637. The van der Waals surface area contributed by atoms with Crippen LogP contribution in [0.3, 0.4) is 0 Å². The number of hydrogen-bond donors (Lipinski definition) is 1. The molecule has 2 aliphatic rings. The summed E-state index contributed by atoms with van der Waals surface area (Å²) in [6.07, 6.45) is 1.60. The summed E-state index contributed by atoms with van der Waals surface area (Å²) < 4.78 is 5.45. The predicted molar refractivity (Wildman–Crippen MR) is 113 cm³/mol. The fourth-order valence-corrected chi connectivity index (χ4v) is 3.88. The van der Waals surface area contributed by atoms with Crippen molar-refractivity contribution >= 4 is 17.6 Å². The maximum Gasteiger partial charge on any atom is 0.224 e. The van der Waals surface area contributed by atoms with Crippen molar-refractivity contribution in [2.45, 2.75) is 12.8 Å². The van der Waals surface area contributed by atoms with Crippen molar-refractivity contribution in [3.63, 3.8) is 0 Å². The van der Waals surface area contributed by atoms with Crippen LogP contribution in [0.4, 0.5) is 5.69 Å². The molecule has 0 aliphatic carbocycles. The van der Waals surface area contributed by atoms with Gasteiger partial charge in [-0.3, -0.25) is 9.79 Å². The van der Waals surface area contributed by atoms with E-state index in [-0.39, 0.29) is 5.91 Å². The molecular weight excluding hydrogens is 354 g/mol. The lowest BCUT2D eigenvalue weighted by molar-refractivity contribution is -0.131. The topological polar surface area (TPSA) is 60.4 Å². The van der Waals surface area contributed by atoms with Gasteiger partial charge < -0.3 is 24.8 Å². The minimum Gasteiger partial charge on any atom is -0.381 e. The zero-order valence-corrected chi connectivity index (χ0v) is 17.1. The molecule has 1 aromatic carbocycles. The minimum atomic E-state index is 0.211. The smallest absolute Gasteiger partial charge is 0.224 e. The molecule has 0 aromatic heterocycles. The zero-order valence-electron chi connectivity index (χ0n) is 17.1. The Balaban J connectivity index is 1.37. The summed E-state index contributed by atoms with van der Waals surface area (Å²) in [5.74, 6) is 1.61. The highest BCUT2D eigenvalue weighted by Crippen LogP contribution is 2.16. The summed E-state index contributed by atoms with van der Waals surface area (Å²) in [5.41, 5.74) is 1.23. The van der Waals surface area contributed by atoms with Crippen LogP contribution in [-0.2, 0) is 9.53 Å². The second-order valence-corrected chi connectivity index (χ2v) is 7.54. The first-order chi connectivity index (χ1) is 13.7. The van der Waals surface area contributed by atoms with Crippen LogP contribution in [0.5, 0.6) is 0 Å². The zero-order chi connectivity index (χ0) is 19.8. The maximum atomic E-state index is 12.6. The van der Waals surface area contributed by atoms with E-state index >= 15 is 0 Å². The average molecular weight is 388 g/mol. The summed E-state index contributed by atoms with van der Waals surface area (Å²) in [6.45, 7) is 6.55. The van der Waals surface area contributed by atoms with Crippen LogP contribution in [0.1, 0.15) is 12.8 Å². The summed E-state index contributed by atoms with van der Waals surface area (Å²) in [4.78, 5) is 23.3. The molecular formula is C21H33N5O2. The first kappa shape index (κ1) is 20.5. The van der Waals surface area contributed by atoms with E-state index in [1.807, 2.05) is 18.0 Å². The van der Waals surface area contributed by atoms with E-state index in [1.165, 1.54) is 5.69 Å². The van der Waals surface area contributed by atoms with E-state index in [9.17, 15) is 4.79 Å². The van der Waals surface area contributed by atoms with Crippen molar-refractivity contribution in [1.29, 1.82) is 0 Å². The molecule has 2 heterocycles. The van der Waals surface area contributed by atoms with E-state index in [1.54, 1.807) is 7.05 Å². The molecule has 1 amide bonds. The number of carbonyl (C=O) groups excluding carboxylic acids is 1. The Labute approximate surface area is 168 Å². The lowest BCUT2D eigenvalue weighted by atomic mass is 10.1. The van der Waals surface area contributed by atoms with Gasteiger partial charge in [0.25, 0.3) is 0 Å². The molecule has 2 fully saturated rings. The number of nitrogens with one attached hydrogen (secondary N) is 1. The van der Waals surface area contributed by atoms with Gasteiger partial charge in [-0.05, 0) is 18.6 Å². The number of guanidine groups is 1. The van der Waals surface area contributed by atoms with Crippen molar-refractivity contribution in [3.05, 3.63) is 30.3 Å². The van der Waals surface area contributed by atoms with E-state index in [4.69, 9.17) is 4.74 Å². The van der Waals surface area contributed by atoms with Crippen LogP contribution < -0.4 is 10.2 Å². The number of para-hydroxylation sites is 1. The van der Waals surface area contributed by atoms with E-state index in [0.29, 0.717) is 18.9 Å². The Hall–Kier alpha value is -2.28. The van der Waals surface area contributed by atoms with Gasteiger partial charge in [-0.15, -0.1) is 0 Å². The van der Waals surface area contributed by atoms with Crippen molar-refractivity contribution in [3.8, 4) is 0 Å². The number of benzene rings is 1. The normalized spacial score (nSPS) is 20.4. The third-order valence-electron chi connectivity index (χ3n) is 5.51. The van der Waals surface area contributed by atoms with Crippen LogP contribution in [0.2, 0.25) is 0 Å². The molecule has 28 heavy (non-hydrogen) atoms. The van der Waals surface area contributed by atoms with Gasteiger partial charge in [0.05, 0.1) is 6.61 Å². The summed E-state index contributed by atoms with van der Waals surface area (Å²) >= 11 is 0. The second-order valence-electron chi connectivity index (χ2n) is 7.54. The largest absolute Gasteiger partial charge is 0.381 e. The average Bonchev–Trinajstić information content (AvgIpc) is 3.24. The molecule has 1 N–H and O–H groups in total. The van der Waals surface area contributed by atoms with E-state index in [2.05, 4.69) is 44.4 Å². The highest BCUT2D eigenvalue weighted by molar-refractivity contribution is 5.81. The van der Waals surface area contributed by atoms with Crippen molar-refractivity contribution in [2.75, 3.05) is 71.5 Å². The first-order valence-corrected chi connectivity index (χ1v) is 10.2. The highest BCUT2D eigenvalue weighted by Gasteiger charge is 2.22. The molecule has 2 aliphatic heterocycles. The summed E-state index contributed by atoms with van der Waals surface area (Å²) in [6, 6.07) is 10.4. The number of rotatable bonds is 6. The molecule has 1 aromatic rings. The van der Waals surface area contributed by atoms with Crippen LogP contribution in [0, 0.1) is 5.92 Å². The predicted octanol–water partition coefficient (Wildman–Crippen LogP) is 1.27. The Morgan fingerprint density at radius 1 is 1.25 bits per heavy atom. The van der Waals surface area contributed by atoms with Crippen LogP contribution in [-0.4, -0.2) is 88.2 Å². The number of amides is 1. The number of piperazine rings is 1. The van der Waals surface area contributed by atoms with Gasteiger partial charge in [0, 0.05) is 78.0 Å². The second kappa shape index (κ2) is 10.3.